The maximum Gasteiger partial charge on any atom is 0.305 e. The van der Waals surface area contributed by atoms with Gasteiger partial charge in [0.2, 0.25) is 0 Å². The fourth-order valence-electron chi connectivity index (χ4n) is 1.71. The quantitative estimate of drug-likeness (QED) is 0.210. The molecular weight excluding hydrogens is 244 g/mol. The molecule has 19 heavy (non-hydrogen) atoms. The first-order valence-electron chi connectivity index (χ1n) is 7.13. The van der Waals surface area contributed by atoms with Gasteiger partial charge in [0.1, 0.15) is 0 Å². The Kier molecular flexibility index (Phi) is 13.7. The third-order valence-electron chi connectivity index (χ3n) is 2.78. The summed E-state index contributed by atoms with van der Waals surface area (Å²) in [6, 6.07) is 0. The van der Waals surface area contributed by atoms with E-state index in [4.69, 9.17) is 4.74 Å². The summed E-state index contributed by atoms with van der Waals surface area (Å²) < 4.78 is 9.49. The molecule has 0 aliphatic carbocycles. The van der Waals surface area contributed by atoms with Gasteiger partial charge >= 0.3 is 5.97 Å². The summed E-state index contributed by atoms with van der Waals surface area (Å²) in [4.78, 5) is 21.2. The first-order chi connectivity index (χ1) is 9.31. The van der Waals surface area contributed by atoms with Crippen molar-refractivity contribution in [2.45, 2.75) is 57.8 Å². The minimum absolute atomic E-state index is 0.155. The van der Waals surface area contributed by atoms with Crippen molar-refractivity contribution >= 4 is 12.4 Å². The number of rotatable bonds is 14. The predicted octanol–water partition coefficient (Wildman–Crippen LogP) is 3.40. The van der Waals surface area contributed by atoms with Crippen molar-refractivity contribution in [3.8, 4) is 0 Å². The van der Waals surface area contributed by atoms with Gasteiger partial charge in [-0.2, -0.15) is 0 Å². The van der Waals surface area contributed by atoms with Crippen LogP contribution in [0.4, 0.5) is 0 Å². The second-order valence-corrected chi connectivity index (χ2v) is 4.49. The molecule has 0 bridgehead atoms. The van der Waals surface area contributed by atoms with Crippen LogP contribution in [0.3, 0.4) is 0 Å². The fourth-order valence-corrected chi connectivity index (χ4v) is 1.71. The Bertz CT molecular complexity index is 238. The summed E-state index contributed by atoms with van der Waals surface area (Å²) in [5, 5.41) is 0. The lowest BCUT2D eigenvalue weighted by molar-refractivity contribution is -0.144. The van der Waals surface area contributed by atoms with E-state index in [2.05, 4.69) is 11.3 Å². The SMILES string of the molecule is C=CCCCCCCCCC(=O)OCCCOC=O. The Balaban J connectivity index is 3.15. The van der Waals surface area contributed by atoms with Crippen LogP contribution in [-0.4, -0.2) is 25.7 Å². The highest BCUT2D eigenvalue weighted by atomic mass is 16.5. The van der Waals surface area contributed by atoms with Crippen LogP contribution in [0, 0.1) is 0 Å². The van der Waals surface area contributed by atoms with E-state index in [-0.39, 0.29) is 5.97 Å². The van der Waals surface area contributed by atoms with Gasteiger partial charge in [-0.1, -0.05) is 31.8 Å². The summed E-state index contributed by atoms with van der Waals surface area (Å²) in [6.07, 6.45) is 10.9. The molecule has 0 saturated heterocycles. The lowest BCUT2D eigenvalue weighted by atomic mass is 10.1. The second kappa shape index (κ2) is 14.7. The summed E-state index contributed by atoms with van der Waals surface area (Å²) in [7, 11) is 0. The van der Waals surface area contributed by atoms with Gasteiger partial charge in [-0.15, -0.1) is 6.58 Å². The van der Waals surface area contributed by atoms with Crippen LogP contribution in [0.25, 0.3) is 0 Å². The Morgan fingerprint density at radius 2 is 1.63 bits per heavy atom. The van der Waals surface area contributed by atoms with Gasteiger partial charge in [0, 0.05) is 12.8 Å². The molecule has 0 heterocycles. The maximum atomic E-state index is 11.3. The summed E-state index contributed by atoms with van der Waals surface area (Å²) >= 11 is 0. The Labute approximate surface area is 116 Å². The smallest absolute Gasteiger partial charge is 0.305 e. The average Bonchev–Trinajstić information content (AvgIpc) is 2.41. The summed E-state index contributed by atoms with van der Waals surface area (Å²) in [5.41, 5.74) is 0. The summed E-state index contributed by atoms with van der Waals surface area (Å²) in [6.45, 7) is 4.73. The number of hydrogen-bond acceptors (Lipinski definition) is 4. The van der Waals surface area contributed by atoms with E-state index in [0.717, 1.165) is 19.3 Å². The molecule has 0 aromatic rings. The fraction of sp³-hybridized carbons (Fsp3) is 0.733. The van der Waals surface area contributed by atoms with Crippen LogP contribution in [-0.2, 0) is 19.1 Å². The lowest BCUT2D eigenvalue weighted by Crippen LogP contribution is -2.07. The summed E-state index contributed by atoms with van der Waals surface area (Å²) in [5.74, 6) is -0.155. The van der Waals surface area contributed by atoms with Crippen molar-refractivity contribution in [2.24, 2.45) is 0 Å². The van der Waals surface area contributed by atoms with Gasteiger partial charge in [0.25, 0.3) is 6.47 Å². The molecule has 0 aromatic heterocycles. The number of carbonyl (C=O) groups excluding carboxylic acids is 2. The largest absolute Gasteiger partial charge is 0.468 e. The van der Waals surface area contributed by atoms with E-state index in [1.54, 1.807) is 0 Å². The third kappa shape index (κ3) is 14.6. The molecular formula is C15H26O4. The molecule has 0 aromatic carbocycles. The number of hydrogen-bond donors (Lipinski definition) is 0. The molecule has 0 rings (SSSR count). The number of allylic oxidation sites excluding steroid dienone is 1. The Hall–Kier alpha value is -1.32. The van der Waals surface area contributed by atoms with E-state index in [0.29, 0.717) is 32.5 Å². The monoisotopic (exact) mass is 270 g/mol. The highest BCUT2D eigenvalue weighted by Crippen LogP contribution is 2.09. The van der Waals surface area contributed by atoms with Gasteiger partial charge in [0.15, 0.2) is 0 Å². The number of esters is 1. The molecule has 0 aliphatic heterocycles. The number of unbranched alkanes of at least 4 members (excludes halogenated alkanes) is 6. The van der Waals surface area contributed by atoms with Crippen LogP contribution < -0.4 is 0 Å². The van der Waals surface area contributed by atoms with Crippen LogP contribution in [0.2, 0.25) is 0 Å². The zero-order valence-corrected chi connectivity index (χ0v) is 11.8. The van der Waals surface area contributed by atoms with E-state index < -0.39 is 0 Å². The molecule has 0 saturated carbocycles. The van der Waals surface area contributed by atoms with Crippen molar-refractivity contribution in [1.82, 2.24) is 0 Å². The van der Waals surface area contributed by atoms with Crippen molar-refractivity contribution < 1.29 is 19.1 Å². The van der Waals surface area contributed by atoms with E-state index in [1.807, 2.05) is 6.08 Å². The van der Waals surface area contributed by atoms with Gasteiger partial charge in [0.05, 0.1) is 13.2 Å². The van der Waals surface area contributed by atoms with Gasteiger partial charge in [-0.3, -0.25) is 9.59 Å². The maximum absolute atomic E-state index is 11.3. The zero-order valence-electron chi connectivity index (χ0n) is 11.8. The molecule has 0 N–H and O–H groups in total. The van der Waals surface area contributed by atoms with E-state index in [1.165, 1.54) is 25.7 Å². The molecule has 110 valence electrons. The first kappa shape index (κ1) is 17.7. The molecule has 0 unspecified atom stereocenters. The first-order valence-corrected chi connectivity index (χ1v) is 7.13. The third-order valence-corrected chi connectivity index (χ3v) is 2.78. The molecule has 0 atom stereocenters. The molecule has 4 heteroatoms. The molecule has 0 spiro atoms. The van der Waals surface area contributed by atoms with E-state index >= 15 is 0 Å². The topological polar surface area (TPSA) is 52.6 Å². The van der Waals surface area contributed by atoms with Crippen LogP contribution >= 0.6 is 0 Å². The van der Waals surface area contributed by atoms with Crippen molar-refractivity contribution in [3.63, 3.8) is 0 Å². The van der Waals surface area contributed by atoms with Crippen molar-refractivity contribution in [3.05, 3.63) is 12.7 Å². The zero-order chi connectivity index (χ0) is 14.2. The molecule has 0 aliphatic rings. The molecule has 0 amide bonds. The molecule has 0 fully saturated rings. The second-order valence-electron chi connectivity index (χ2n) is 4.49. The minimum Gasteiger partial charge on any atom is -0.468 e. The highest BCUT2D eigenvalue weighted by Gasteiger charge is 2.02. The Morgan fingerprint density at radius 1 is 0.947 bits per heavy atom. The number of carbonyl (C=O) groups is 2. The van der Waals surface area contributed by atoms with Gasteiger partial charge in [-0.25, -0.2) is 0 Å². The predicted molar refractivity (Wildman–Crippen MR) is 74.7 cm³/mol. The van der Waals surface area contributed by atoms with E-state index in [9.17, 15) is 9.59 Å². The molecule has 4 nitrogen and oxygen atoms in total. The number of ether oxygens (including phenoxy) is 2. The van der Waals surface area contributed by atoms with Gasteiger partial charge in [-0.05, 0) is 19.3 Å². The van der Waals surface area contributed by atoms with Gasteiger partial charge < -0.3 is 9.47 Å². The lowest BCUT2D eigenvalue weighted by Gasteiger charge is -2.04. The van der Waals surface area contributed by atoms with Crippen LogP contribution in [0.5, 0.6) is 0 Å². The normalized spacial score (nSPS) is 9.89. The standard InChI is InChI=1S/C15H26O4/c1-2-3-4-5-6-7-8-9-11-15(17)19-13-10-12-18-14-16/h2,14H,1,3-13H2. The highest BCUT2D eigenvalue weighted by molar-refractivity contribution is 5.69. The Morgan fingerprint density at radius 3 is 2.32 bits per heavy atom. The van der Waals surface area contributed by atoms with Crippen LogP contribution in [0.15, 0.2) is 12.7 Å². The average molecular weight is 270 g/mol. The molecule has 0 radical (unpaired) electrons. The van der Waals surface area contributed by atoms with Crippen LogP contribution in [0.1, 0.15) is 57.8 Å². The van der Waals surface area contributed by atoms with Crippen molar-refractivity contribution in [1.29, 1.82) is 0 Å². The minimum atomic E-state index is -0.155. The van der Waals surface area contributed by atoms with Crippen molar-refractivity contribution in [2.75, 3.05) is 13.2 Å².